The molecule has 2 saturated heterocycles. The Morgan fingerprint density at radius 2 is 1.97 bits per heavy atom. The molecule has 0 bridgehead atoms. The molecule has 0 spiro atoms. The van der Waals surface area contributed by atoms with Crippen LogP contribution in [0.25, 0.3) is 0 Å². The van der Waals surface area contributed by atoms with Crippen LogP contribution < -0.4 is 27.0 Å². The number of aryl methyl sites for hydroxylation is 1. The van der Waals surface area contributed by atoms with Gasteiger partial charge in [-0.25, -0.2) is 20.3 Å². The molecule has 0 aromatic heterocycles. The Morgan fingerprint density at radius 3 is 2.76 bits per heavy atom. The van der Waals surface area contributed by atoms with Gasteiger partial charge in [-0.2, -0.15) is 0 Å². The zero-order valence-corrected chi connectivity index (χ0v) is 18.9. The molecule has 1 saturated carbocycles. The first-order valence-electron chi connectivity index (χ1n) is 11.9. The van der Waals surface area contributed by atoms with Gasteiger partial charge in [0.15, 0.2) is 0 Å². The maximum Gasteiger partial charge on any atom is 0.243 e. The SMILES string of the molecule is Cc1cccc(F)c1N1NC2C(CC1=O)NNC2c1ccc2c(c1)CN(C1CC(N)C1)CC2. The number of anilines is 1. The number of nitrogens with one attached hydrogen (secondary N) is 3. The van der Waals surface area contributed by atoms with Crippen molar-refractivity contribution in [2.75, 3.05) is 11.6 Å². The predicted octanol–water partition coefficient (Wildman–Crippen LogP) is 1.81. The number of rotatable bonds is 3. The summed E-state index contributed by atoms with van der Waals surface area (Å²) in [6.45, 7) is 3.88. The first-order chi connectivity index (χ1) is 16.0. The molecular weight excluding hydrogens is 419 g/mol. The highest BCUT2D eigenvalue weighted by Crippen LogP contribution is 2.34. The number of hydrazine groups is 2. The standard InChI is InChI=1S/C25H31FN6O/c1-14-3-2-4-20(26)25(14)32-22(33)12-21-24(30-32)23(29-28-21)16-6-5-15-7-8-31(13-17(15)9-16)19-10-18(27)11-19/h2-6,9,18-19,21,23-24,28-30H,7-8,10-13,27H2,1H3. The van der Waals surface area contributed by atoms with E-state index < -0.39 is 5.82 Å². The number of halogens is 1. The van der Waals surface area contributed by atoms with E-state index in [0.717, 1.165) is 37.9 Å². The van der Waals surface area contributed by atoms with Crippen LogP contribution in [-0.4, -0.2) is 41.5 Å². The van der Waals surface area contributed by atoms with E-state index in [1.54, 1.807) is 6.07 Å². The number of hydrogen-bond acceptors (Lipinski definition) is 6. The molecule has 3 heterocycles. The van der Waals surface area contributed by atoms with Gasteiger partial charge in [0.05, 0.1) is 17.8 Å². The van der Waals surface area contributed by atoms with Crippen LogP contribution in [0, 0.1) is 12.7 Å². The van der Waals surface area contributed by atoms with Crippen LogP contribution >= 0.6 is 0 Å². The van der Waals surface area contributed by atoms with Crippen molar-refractivity contribution in [2.24, 2.45) is 5.73 Å². The van der Waals surface area contributed by atoms with Gasteiger partial charge in [-0.15, -0.1) is 0 Å². The van der Waals surface area contributed by atoms with Crippen molar-refractivity contribution < 1.29 is 9.18 Å². The third-order valence-corrected chi connectivity index (χ3v) is 7.85. The Bertz CT molecular complexity index is 1070. The zero-order valence-electron chi connectivity index (χ0n) is 18.9. The van der Waals surface area contributed by atoms with Crippen LogP contribution in [0.5, 0.6) is 0 Å². The van der Waals surface area contributed by atoms with Crippen molar-refractivity contribution in [3.63, 3.8) is 0 Å². The van der Waals surface area contributed by atoms with Crippen LogP contribution in [0.15, 0.2) is 36.4 Å². The summed E-state index contributed by atoms with van der Waals surface area (Å²) in [6, 6.07) is 12.4. The Hall–Kier alpha value is -2.36. The number of para-hydroxylation sites is 1. The summed E-state index contributed by atoms with van der Waals surface area (Å²) in [7, 11) is 0. The minimum Gasteiger partial charge on any atom is -0.328 e. The molecule has 1 amide bonds. The highest BCUT2D eigenvalue weighted by atomic mass is 19.1. The van der Waals surface area contributed by atoms with Gasteiger partial charge in [0, 0.05) is 37.6 Å². The lowest BCUT2D eigenvalue weighted by atomic mass is 9.84. The highest BCUT2D eigenvalue weighted by Gasteiger charge is 2.44. The number of carbonyl (C=O) groups is 1. The van der Waals surface area contributed by atoms with E-state index in [-0.39, 0.29) is 24.0 Å². The summed E-state index contributed by atoms with van der Waals surface area (Å²) in [5.41, 5.74) is 21.0. The molecule has 5 N–H and O–H groups in total. The van der Waals surface area contributed by atoms with E-state index in [4.69, 9.17) is 5.73 Å². The van der Waals surface area contributed by atoms with Gasteiger partial charge in [-0.3, -0.25) is 15.1 Å². The smallest absolute Gasteiger partial charge is 0.243 e. The Kier molecular flexibility index (Phi) is 5.23. The molecule has 33 heavy (non-hydrogen) atoms. The summed E-state index contributed by atoms with van der Waals surface area (Å²) in [4.78, 5) is 15.4. The summed E-state index contributed by atoms with van der Waals surface area (Å²) < 4.78 is 14.6. The third kappa shape index (κ3) is 3.66. The van der Waals surface area contributed by atoms with E-state index in [0.29, 0.717) is 24.2 Å². The van der Waals surface area contributed by atoms with E-state index in [1.807, 2.05) is 13.0 Å². The Balaban J connectivity index is 1.25. The van der Waals surface area contributed by atoms with Crippen molar-refractivity contribution in [3.05, 3.63) is 64.5 Å². The molecule has 3 aliphatic heterocycles. The zero-order chi connectivity index (χ0) is 22.7. The summed E-state index contributed by atoms with van der Waals surface area (Å²) >= 11 is 0. The van der Waals surface area contributed by atoms with Crippen molar-refractivity contribution in [2.45, 2.75) is 69.4 Å². The fraction of sp³-hybridized carbons (Fsp3) is 0.480. The molecule has 2 aromatic carbocycles. The second-order valence-corrected chi connectivity index (χ2v) is 10.0. The summed E-state index contributed by atoms with van der Waals surface area (Å²) in [5, 5.41) is 1.41. The minimum absolute atomic E-state index is 0.0320. The third-order valence-electron chi connectivity index (χ3n) is 7.85. The van der Waals surface area contributed by atoms with Crippen LogP contribution in [0.1, 0.15) is 47.6 Å². The van der Waals surface area contributed by atoms with Crippen LogP contribution in [-0.2, 0) is 17.8 Å². The fourth-order valence-electron chi connectivity index (χ4n) is 5.87. The largest absolute Gasteiger partial charge is 0.328 e. The molecule has 3 atom stereocenters. The summed E-state index contributed by atoms with van der Waals surface area (Å²) in [5.74, 6) is -0.534. The average molecular weight is 451 g/mol. The topological polar surface area (TPSA) is 85.7 Å². The molecule has 0 radical (unpaired) electrons. The first kappa shape index (κ1) is 21.2. The monoisotopic (exact) mass is 450 g/mol. The molecule has 6 rings (SSSR count). The Labute approximate surface area is 193 Å². The molecule has 174 valence electrons. The fourth-order valence-corrected chi connectivity index (χ4v) is 5.87. The predicted molar refractivity (Wildman–Crippen MR) is 125 cm³/mol. The molecule has 3 unspecified atom stereocenters. The number of benzene rings is 2. The number of carbonyl (C=O) groups excluding carboxylic acids is 1. The Morgan fingerprint density at radius 1 is 1.12 bits per heavy atom. The van der Waals surface area contributed by atoms with Gasteiger partial charge in [0.2, 0.25) is 5.91 Å². The average Bonchev–Trinajstić information content (AvgIpc) is 3.18. The normalized spacial score (nSPS) is 31.8. The molecule has 2 aromatic rings. The lowest BCUT2D eigenvalue weighted by molar-refractivity contribution is -0.121. The molecule has 3 fully saturated rings. The lowest BCUT2D eigenvalue weighted by Gasteiger charge is -2.43. The van der Waals surface area contributed by atoms with Crippen LogP contribution in [0.2, 0.25) is 0 Å². The van der Waals surface area contributed by atoms with Gasteiger partial charge >= 0.3 is 0 Å². The van der Waals surface area contributed by atoms with Gasteiger partial charge in [0.1, 0.15) is 5.82 Å². The number of amides is 1. The van der Waals surface area contributed by atoms with Gasteiger partial charge < -0.3 is 5.73 Å². The number of nitrogens with zero attached hydrogens (tertiary/aromatic N) is 2. The highest BCUT2D eigenvalue weighted by molar-refractivity contribution is 5.94. The van der Waals surface area contributed by atoms with E-state index >= 15 is 0 Å². The second-order valence-electron chi connectivity index (χ2n) is 10.0. The minimum atomic E-state index is -0.394. The first-order valence-corrected chi connectivity index (χ1v) is 11.9. The van der Waals surface area contributed by atoms with Crippen LogP contribution in [0.4, 0.5) is 10.1 Å². The van der Waals surface area contributed by atoms with E-state index in [2.05, 4.69) is 39.4 Å². The lowest BCUT2D eigenvalue weighted by Crippen LogP contribution is -2.60. The number of fused-ring (bicyclic) bond motifs is 2. The molecule has 4 aliphatic rings. The maximum atomic E-state index is 14.6. The molecule has 8 heteroatoms. The summed E-state index contributed by atoms with van der Waals surface area (Å²) in [6.07, 6.45) is 3.55. The quantitative estimate of drug-likeness (QED) is 0.571. The molecule has 7 nitrogen and oxygen atoms in total. The van der Waals surface area contributed by atoms with Gasteiger partial charge in [-0.05, 0) is 54.5 Å². The van der Waals surface area contributed by atoms with Crippen molar-refractivity contribution in [1.29, 1.82) is 0 Å². The van der Waals surface area contributed by atoms with Crippen molar-refractivity contribution >= 4 is 11.6 Å². The van der Waals surface area contributed by atoms with Crippen molar-refractivity contribution in [3.8, 4) is 0 Å². The van der Waals surface area contributed by atoms with E-state index in [9.17, 15) is 9.18 Å². The second kappa shape index (κ2) is 8.14. The van der Waals surface area contributed by atoms with E-state index in [1.165, 1.54) is 27.8 Å². The molecule has 1 aliphatic carbocycles. The van der Waals surface area contributed by atoms with Gasteiger partial charge in [0.25, 0.3) is 0 Å². The molecular formula is C25H31FN6O. The van der Waals surface area contributed by atoms with Crippen LogP contribution in [0.3, 0.4) is 0 Å². The number of hydrogen-bond donors (Lipinski definition) is 4. The van der Waals surface area contributed by atoms with Gasteiger partial charge in [-0.1, -0.05) is 30.3 Å². The van der Waals surface area contributed by atoms with Crippen molar-refractivity contribution in [1.82, 2.24) is 21.2 Å². The number of nitrogens with two attached hydrogens (primary N) is 1. The maximum absolute atomic E-state index is 14.6.